The molecule has 2 heterocycles. The maximum Gasteiger partial charge on any atom is 0.241 e. The first-order valence-electron chi connectivity index (χ1n) is 8.13. The van der Waals surface area contributed by atoms with Crippen LogP contribution >= 0.6 is 0 Å². The molecule has 0 atom stereocenters. The Balaban J connectivity index is 1.60. The third-order valence-corrected chi connectivity index (χ3v) is 4.46. The Labute approximate surface area is 132 Å². The highest BCUT2D eigenvalue weighted by atomic mass is 16.2. The highest BCUT2D eigenvalue weighted by molar-refractivity contribution is 5.99. The molecule has 2 aliphatic rings. The fourth-order valence-corrected chi connectivity index (χ4v) is 3.26. The number of hydrogen-bond donors (Lipinski definition) is 1. The smallest absolute Gasteiger partial charge is 0.241 e. The van der Waals surface area contributed by atoms with E-state index in [1.807, 2.05) is 11.0 Å². The fraction of sp³-hybridized carbons (Fsp3) is 0.529. The normalized spacial score (nSPS) is 18.3. The van der Waals surface area contributed by atoms with Crippen LogP contribution < -0.4 is 10.2 Å². The summed E-state index contributed by atoms with van der Waals surface area (Å²) in [4.78, 5) is 20.7. The van der Waals surface area contributed by atoms with E-state index in [0.717, 1.165) is 44.9 Å². The highest BCUT2D eigenvalue weighted by Gasteiger charge is 2.23. The van der Waals surface area contributed by atoms with Crippen LogP contribution in [0.3, 0.4) is 0 Å². The summed E-state index contributed by atoms with van der Waals surface area (Å²) in [6, 6.07) is 8.38. The molecule has 1 aromatic rings. The minimum absolute atomic E-state index is 0.174. The fourth-order valence-electron chi connectivity index (χ4n) is 3.26. The van der Waals surface area contributed by atoms with Gasteiger partial charge >= 0.3 is 0 Å². The van der Waals surface area contributed by atoms with Crippen molar-refractivity contribution < 1.29 is 4.79 Å². The maximum atomic E-state index is 12.3. The quantitative estimate of drug-likeness (QED) is 0.667. The zero-order valence-electron chi connectivity index (χ0n) is 13.2. The van der Waals surface area contributed by atoms with Gasteiger partial charge in [-0.05, 0) is 37.3 Å². The minimum Gasteiger partial charge on any atom is -0.347 e. The van der Waals surface area contributed by atoms with Gasteiger partial charge in [0.1, 0.15) is 0 Å². The number of para-hydroxylation sites is 1. The van der Waals surface area contributed by atoms with Crippen LogP contribution in [0.25, 0.3) is 0 Å². The predicted molar refractivity (Wildman–Crippen MR) is 89.3 cm³/mol. The van der Waals surface area contributed by atoms with Crippen molar-refractivity contribution in [3.63, 3.8) is 0 Å². The van der Waals surface area contributed by atoms with Gasteiger partial charge in [-0.2, -0.15) is 0 Å². The first-order chi connectivity index (χ1) is 10.8. The second-order valence-electron chi connectivity index (χ2n) is 5.87. The molecular formula is C17H24N4O. The number of guanidine groups is 1. The molecule has 1 N–H and O–H groups in total. The van der Waals surface area contributed by atoms with Crippen molar-refractivity contribution >= 4 is 17.6 Å². The lowest BCUT2D eigenvalue weighted by Gasteiger charge is -2.28. The standard InChI is InChI=1S/C17H24N4O/c1-18-17(19-13-16(22)20-10-5-2-6-11-20)21-12-9-14-7-3-4-8-15(14)21/h3-4,7-8H,2,5-6,9-13H2,1H3,(H,18,19). The zero-order valence-corrected chi connectivity index (χ0v) is 13.2. The summed E-state index contributed by atoms with van der Waals surface area (Å²) < 4.78 is 0. The van der Waals surface area contributed by atoms with Gasteiger partial charge in [-0.25, -0.2) is 0 Å². The molecule has 2 aliphatic heterocycles. The van der Waals surface area contributed by atoms with E-state index in [1.54, 1.807) is 7.05 Å². The number of amides is 1. The van der Waals surface area contributed by atoms with Gasteiger partial charge in [0.15, 0.2) is 5.96 Å². The van der Waals surface area contributed by atoms with Crippen LogP contribution in [0.5, 0.6) is 0 Å². The van der Waals surface area contributed by atoms with Crippen LogP contribution in [-0.2, 0) is 11.2 Å². The van der Waals surface area contributed by atoms with Gasteiger partial charge in [0.05, 0.1) is 6.54 Å². The van der Waals surface area contributed by atoms with Crippen molar-refractivity contribution in [2.24, 2.45) is 4.99 Å². The molecule has 0 bridgehead atoms. The van der Waals surface area contributed by atoms with Crippen molar-refractivity contribution in [3.05, 3.63) is 29.8 Å². The van der Waals surface area contributed by atoms with Gasteiger partial charge in [-0.1, -0.05) is 18.2 Å². The lowest BCUT2D eigenvalue weighted by Crippen LogP contribution is -2.47. The van der Waals surface area contributed by atoms with E-state index in [0.29, 0.717) is 6.54 Å². The molecule has 22 heavy (non-hydrogen) atoms. The minimum atomic E-state index is 0.174. The monoisotopic (exact) mass is 300 g/mol. The third kappa shape index (κ3) is 3.08. The Kier molecular flexibility index (Phi) is 4.61. The molecule has 3 rings (SSSR count). The van der Waals surface area contributed by atoms with E-state index in [-0.39, 0.29) is 5.91 Å². The first-order valence-corrected chi connectivity index (χ1v) is 8.13. The molecule has 118 valence electrons. The summed E-state index contributed by atoms with van der Waals surface area (Å²) in [5.41, 5.74) is 2.54. The average Bonchev–Trinajstić information content (AvgIpc) is 3.00. The average molecular weight is 300 g/mol. The van der Waals surface area contributed by atoms with Crippen molar-refractivity contribution in [3.8, 4) is 0 Å². The van der Waals surface area contributed by atoms with Crippen LogP contribution in [0.1, 0.15) is 24.8 Å². The lowest BCUT2D eigenvalue weighted by molar-refractivity contribution is -0.130. The molecule has 1 saturated heterocycles. The molecule has 1 fully saturated rings. The number of aliphatic imine (C=N–C) groups is 1. The molecule has 5 nitrogen and oxygen atoms in total. The van der Waals surface area contributed by atoms with Gasteiger partial charge in [0.2, 0.25) is 5.91 Å². The Morgan fingerprint density at radius 1 is 1.18 bits per heavy atom. The van der Waals surface area contributed by atoms with Gasteiger partial charge in [-0.15, -0.1) is 0 Å². The summed E-state index contributed by atoms with van der Waals surface area (Å²) >= 11 is 0. The Morgan fingerprint density at radius 2 is 1.95 bits per heavy atom. The number of rotatable bonds is 2. The zero-order chi connectivity index (χ0) is 15.4. The molecule has 5 heteroatoms. The molecule has 0 aromatic heterocycles. The van der Waals surface area contributed by atoms with E-state index in [4.69, 9.17) is 0 Å². The summed E-state index contributed by atoms with van der Waals surface area (Å²) in [6.45, 7) is 3.03. The molecular weight excluding hydrogens is 276 g/mol. The second kappa shape index (κ2) is 6.81. The first kappa shape index (κ1) is 14.9. The van der Waals surface area contributed by atoms with E-state index in [9.17, 15) is 4.79 Å². The van der Waals surface area contributed by atoms with Crippen LogP contribution in [0.4, 0.5) is 5.69 Å². The topological polar surface area (TPSA) is 47.9 Å². The third-order valence-electron chi connectivity index (χ3n) is 4.46. The van der Waals surface area contributed by atoms with Gasteiger partial charge < -0.3 is 15.1 Å². The largest absolute Gasteiger partial charge is 0.347 e. The number of hydrogen-bond acceptors (Lipinski definition) is 2. The molecule has 1 aromatic carbocycles. The molecule has 0 aliphatic carbocycles. The number of anilines is 1. The molecule has 0 unspecified atom stereocenters. The van der Waals surface area contributed by atoms with E-state index < -0.39 is 0 Å². The highest BCUT2D eigenvalue weighted by Crippen LogP contribution is 2.27. The van der Waals surface area contributed by atoms with Crippen LogP contribution in [0.2, 0.25) is 0 Å². The molecule has 1 amide bonds. The van der Waals surface area contributed by atoms with Crippen molar-refractivity contribution in [1.82, 2.24) is 10.2 Å². The number of fused-ring (bicyclic) bond motifs is 1. The lowest BCUT2D eigenvalue weighted by atomic mass is 10.1. The summed E-state index contributed by atoms with van der Waals surface area (Å²) in [5, 5.41) is 3.23. The maximum absolute atomic E-state index is 12.3. The summed E-state index contributed by atoms with van der Waals surface area (Å²) in [5.74, 6) is 0.962. The summed E-state index contributed by atoms with van der Waals surface area (Å²) in [6.07, 6.45) is 4.51. The van der Waals surface area contributed by atoms with Crippen molar-refractivity contribution in [1.29, 1.82) is 0 Å². The van der Waals surface area contributed by atoms with Crippen molar-refractivity contribution in [2.45, 2.75) is 25.7 Å². The number of piperidine rings is 1. The molecule has 0 saturated carbocycles. The number of carbonyl (C=O) groups is 1. The number of carbonyl (C=O) groups excluding carboxylic acids is 1. The summed E-state index contributed by atoms with van der Waals surface area (Å²) in [7, 11) is 1.77. The number of nitrogens with zero attached hydrogens (tertiary/aromatic N) is 3. The number of nitrogens with one attached hydrogen (secondary N) is 1. The van der Waals surface area contributed by atoms with E-state index in [2.05, 4.69) is 33.4 Å². The SMILES string of the molecule is CN=C(NCC(=O)N1CCCCC1)N1CCc2ccccc21. The van der Waals surface area contributed by atoms with Crippen LogP contribution in [0, 0.1) is 0 Å². The van der Waals surface area contributed by atoms with Crippen molar-refractivity contribution in [2.75, 3.05) is 38.1 Å². The second-order valence-corrected chi connectivity index (χ2v) is 5.87. The predicted octanol–water partition coefficient (Wildman–Crippen LogP) is 1.64. The van der Waals surface area contributed by atoms with Gasteiger partial charge in [0, 0.05) is 32.4 Å². The van der Waals surface area contributed by atoms with Crippen LogP contribution in [-0.4, -0.2) is 50.0 Å². The number of benzene rings is 1. The Bertz CT molecular complexity index is 564. The van der Waals surface area contributed by atoms with E-state index >= 15 is 0 Å². The Morgan fingerprint density at radius 3 is 2.73 bits per heavy atom. The van der Waals surface area contributed by atoms with Crippen LogP contribution in [0.15, 0.2) is 29.3 Å². The van der Waals surface area contributed by atoms with Gasteiger partial charge in [0.25, 0.3) is 0 Å². The molecule has 0 spiro atoms. The number of likely N-dealkylation sites (tertiary alicyclic amines) is 1. The van der Waals surface area contributed by atoms with E-state index in [1.165, 1.54) is 17.7 Å². The molecule has 0 radical (unpaired) electrons. The van der Waals surface area contributed by atoms with Gasteiger partial charge in [-0.3, -0.25) is 9.79 Å². The Hall–Kier alpha value is -2.04.